The number of carbonyl (C=O) groups is 1. The van der Waals surface area contributed by atoms with E-state index in [0.717, 1.165) is 11.3 Å². The highest BCUT2D eigenvalue weighted by atomic mass is 32.2. The molecule has 1 aliphatic rings. The van der Waals surface area contributed by atoms with Crippen LogP contribution in [0.5, 0.6) is 0 Å². The van der Waals surface area contributed by atoms with Gasteiger partial charge in [-0.05, 0) is 25.0 Å². The van der Waals surface area contributed by atoms with Gasteiger partial charge >= 0.3 is 6.03 Å². The normalized spacial score (nSPS) is 21.1. The fourth-order valence-corrected chi connectivity index (χ4v) is 3.94. The Morgan fingerprint density at radius 1 is 1.37 bits per heavy atom. The smallest absolute Gasteiger partial charge is 0.321 e. The summed E-state index contributed by atoms with van der Waals surface area (Å²) in [6.45, 7) is 1.91. The van der Waals surface area contributed by atoms with Crippen molar-refractivity contribution in [2.75, 3.05) is 23.9 Å². The van der Waals surface area contributed by atoms with E-state index in [1.165, 1.54) is 4.90 Å². The van der Waals surface area contributed by atoms with Crippen LogP contribution < -0.4 is 5.32 Å². The molecule has 1 aromatic rings. The second kappa shape index (κ2) is 5.21. The highest BCUT2D eigenvalue weighted by Crippen LogP contribution is 2.19. The molecule has 0 aliphatic carbocycles. The van der Waals surface area contributed by atoms with Crippen LogP contribution in [0.25, 0.3) is 0 Å². The maximum Gasteiger partial charge on any atom is 0.321 e. The van der Waals surface area contributed by atoms with Crippen molar-refractivity contribution < 1.29 is 13.2 Å². The zero-order valence-corrected chi connectivity index (χ0v) is 11.9. The number of nitrogens with zero attached hydrogens (tertiary/aromatic N) is 1. The van der Waals surface area contributed by atoms with Crippen LogP contribution in [0.2, 0.25) is 0 Å². The van der Waals surface area contributed by atoms with Gasteiger partial charge in [0.1, 0.15) is 0 Å². The van der Waals surface area contributed by atoms with Gasteiger partial charge in [-0.3, -0.25) is 0 Å². The molecule has 1 N–H and O–H groups in total. The molecule has 2 amide bonds. The average Bonchev–Trinajstić information content (AvgIpc) is 2.71. The number of para-hydroxylation sites is 1. The lowest BCUT2D eigenvalue weighted by atomic mass is 10.2. The number of hydrogen-bond donors (Lipinski definition) is 1. The van der Waals surface area contributed by atoms with Gasteiger partial charge in [-0.15, -0.1) is 0 Å². The van der Waals surface area contributed by atoms with Gasteiger partial charge in [0.2, 0.25) is 0 Å². The topological polar surface area (TPSA) is 66.5 Å². The van der Waals surface area contributed by atoms with Crippen molar-refractivity contribution in [3.05, 3.63) is 29.8 Å². The molecule has 0 saturated carbocycles. The van der Waals surface area contributed by atoms with E-state index in [2.05, 4.69) is 5.32 Å². The predicted octanol–water partition coefficient (Wildman–Crippen LogP) is 1.65. The molecule has 5 nitrogen and oxygen atoms in total. The van der Waals surface area contributed by atoms with Crippen LogP contribution in [-0.4, -0.2) is 43.9 Å². The summed E-state index contributed by atoms with van der Waals surface area (Å²) in [4.78, 5) is 13.6. The zero-order valence-electron chi connectivity index (χ0n) is 11.1. The predicted molar refractivity (Wildman–Crippen MR) is 75.0 cm³/mol. The minimum absolute atomic E-state index is 0.0602. The van der Waals surface area contributed by atoms with Gasteiger partial charge in [0.05, 0.1) is 11.5 Å². The maximum absolute atomic E-state index is 12.1. The molecule has 1 heterocycles. The highest BCUT2D eigenvalue weighted by molar-refractivity contribution is 7.91. The first-order valence-electron chi connectivity index (χ1n) is 6.19. The average molecular weight is 282 g/mol. The summed E-state index contributed by atoms with van der Waals surface area (Å²) in [5.41, 5.74) is 1.73. The van der Waals surface area contributed by atoms with Gasteiger partial charge in [0, 0.05) is 18.8 Å². The summed E-state index contributed by atoms with van der Waals surface area (Å²) in [5, 5.41) is 2.81. The Hall–Kier alpha value is -1.56. The van der Waals surface area contributed by atoms with Crippen LogP contribution in [0.4, 0.5) is 10.5 Å². The number of rotatable bonds is 2. The van der Waals surface area contributed by atoms with Crippen molar-refractivity contribution in [1.29, 1.82) is 0 Å². The number of sulfone groups is 1. The van der Waals surface area contributed by atoms with E-state index >= 15 is 0 Å². The van der Waals surface area contributed by atoms with Gasteiger partial charge < -0.3 is 10.2 Å². The largest absolute Gasteiger partial charge is 0.324 e. The van der Waals surface area contributed by atoms with E-state index in [-0.39, 0.29) is 23.6 Å². The third-order valence-corrected chi connectivity index (χ3v) is 5.21. The third kappa shape index (κ3) is 3.26. The summed E-state index contributed by atoms with van der Waals surface area (Å²) in [7, 11) is -1.34. The first-order chi connectivity index (χ1) is 8.89. The zero-order chi connectivity index (χ0) is 14.0. The number of hydrogen-bond acceptors (Lipinski definition) is 3. The second-order valence-electron chi connectivity index (χ2n) is 4.91. The van der Waals surface area contributed by atoms with Crippen LogP contribution in [-0.2, 0) is 9.84 Å². The van der Waals surface area contributed by atoms with E-state index in [1.807, 2.05) is 31.2 Å². The Morgan fingerprint density at radius 3 is 2.63 bits per heavy atom. The van der Waals surface area contributed by atoms with Crippen LogP contribution in [0, 0.1) is 6.92 Å². The first kappa shape index (κ1) is 13.9. The molecule has 19 heavy (non-hydrogen) atoms. The molecule has 0 radical (unpaired) electrons. The molecule has 0 aromatic heterocycles. The van der Waals surface area contributed by atoms with Gasteiger partial charge in [0.15, 0.2) is 9.84 Å². The lowest BCUT2D eigenvalue weighted by Crippen LogP contribution is -2.40. The lowest BCUT2D eigenvalue weighted by Gasteiger charge is -2.24. The minimum Gasteiger partial charge on any atom is -0.324 e. The van der Waals surface area contributed by atoms with Crippen LogP contribution in [0.3, 0.4) is 0 Å². The molecular formula is C13H18N2O3S. The number of aryl methyl sites for hydroxylation is 1. The van der Waals surface area contributed by atoms with Gasteiger partial charge in [-0.25, -0.2) is 13.2 Å². The summed E-state index contributed by atoms with van der Waals surface area (Å²) in [5.74, 6) is 0.227. The molecule has 2 rings (SSSR count). The van der Waals surface area contributed by atoms with E-state index in [0.29, 0.717) is 6.42 Å². The second-order valence-corrected chi connectivity index (χ2v) is 7.14. The molecule has 1 aromatic carbocycles. The third-order valence-electron chi connectivity index (χ3n) is 3.46. The Balaban J connectivity index is 2.03. The molecule has 104 valence electrons. The van der Waals surface area contributed by atoms with Crippen molar-refractivity contribution in [1.82, 2.24) is 4.90 Å². The van der Waals surface area contributed by atoms with E-state index in [4.69, 9.17) is 0 Å². The summed E-state index contributed by atoms with van der Waals surface area (Å²) < 4.78 is 22.8. The quantitative estimate of drug-likeness (QED) is 0.897. The van der Waals surface area contributed by atoms with Crippen molar-refractivity contribution in [3.63, 3.8) is 0 Å². The molecule has 6 heteroatoms. The molecule has 0 bridgehead atoms. The molecule has 1 unspecified atom stereocenters. The molecule has 1 aliphatic heterocycles. The van der Waals surface area contributed by atoms with E-state index < -0.39 is 9.84 Å². The van der Waals surface area contributed by atoms with Crippen LogP contribution >= 0.6 is 0 Å². The number of carbonyl (C=O) groups excluding carboxylic acids is 1. The van der Waals surface area contributed by atoms with Gasteiger partial charge in [-0.2, -0.15) is 0 Å². The standard InChI is InChI=1S/C13H18N2O3S/c1-10-5-3-4-6-12(10)14-13(16)15(2)11-7-8-19(17,18)9-11/h3-6,11H,7-9H2,1-2H3,(H,14,16). The van der Waals surface area contributed by atoms with E-state index in [1.54, 1.807) is 7.05 Å². The number of nitrogens with one attached hydrogen (secondary N) is 1. The molecule has 1 atom stereocenters. The highest BCUT2D eigenvalue weighted by Gasteiger charge is 2.32. The minimum atomic E-state index is -2.98. The van der Waals surface area contributed by atoms with Crippen molar-refractivity contribution in [2.24, 2.45) is 0 Å². The summed E-state index contributed by atoms with van der Waals surface area (Å²) in [6, 6.07) is 6.99. The monoisotopic (exact) mass is 282 g/mol. The summed E-state index contributed by atoms with van der Waals surface area (Å²) in [6.07, 6.45) is 0.514. The Morgan fingerprint density at radius 2 is 2.05 bits per heavy atom. The van der Waals surface area contributed by atoms with Crippen LogP contribution in [0.1, 0.15) is 12.0 Å². The van der Waals surface area contributed by atoms with Crippen molar-refractivity contribution in [3.8, 4) is 0 Å². The lowest BCUT2D eigenvalue weighted by molar-refractivity contribution is 0.209. The Labute approximate surface area is 113 Å². The van der Waals surface area contributed by atoms with Gasteiger partial charge in [0.25, 0.3) is 0 Å². The SMILES string of the molecule is Cc1ccccc1NC(=O)N(C)C1CCS(=O)(=O)C1. The maximum atomic E-state index is 12.1. The molecule has 1 saturated heterocycles. The number of amides is 2. The number of anilines is 1. The van der Waals surface area contributed by atoms with Crippen molar-refractivity contribution >= 4 is 21.6 Å². The van der Waals surface area contributed by atoms with E-state index in [9.17, 15) is 13.2 Å². The number of benzene rings is 1. The Bertz CT molecular complexity index is 583. The molecular weight excluding hydrogens is 264 g/mol. The van der Waals surface area contributed by atoms with Crippen LogP contribution in [0.15, 0.2) is 24.3 Å². The first-order valence-corrected chi connectivity index (χ1v) is 8.01. The fourth-order valence-electron chi connectivity index (χ4n) is 2.16. The fraction of sp³-hybridized carbons (Fsp3) is 0.462. The summed E-state index contributed by atoms with van der Waals surface area (Å²) >= 11 is 0. The van der Waals surface area contributed by atoms with Crippen molar-refractivity contribution in [2.45, 2.75) is 19.4 Å². The number of urea groups is 1. The molecule has 0 spiro atoms. The Kier molecular flexibility index (Phi) is 3.80. The molecule has 1 fully saturated rings. The van der Waals surface area contributed by atoms with Gasteiger partial charge in [-0.1, -0.05) is 18.2 Å².